The number of oxazole rings is 1. The number of nitrogens with zero attached hydrogens (tertiary/aromatic N) is 1. The van der Waals surface area contributed by atoms with Gasteiger partial charge in [0.15, 0.2) is 5.78 Å². The molecule has 0 radical (unpaired) electrons. The average Bonchev–Trinajstić information content (AvgIpc) is 3.01. The molecule has 0 unspecified atom stereocenters. The number of nitrogens with one attached hydrogen (secondary N) is 1. The van der Waals surface area contributed by atoms with Gasteiger partial charge in [-0.1, -0.05) is 18.2 Å². The summed E-state index contributed by atoms with van der Waals surface area (Å²) in [5.41, 5.74) is 2.77. The Labute approximate surface area is 156 Å². The van der Waals surface area contributed by atoms with Crippen LogP contribution in [0.1, 0.15) is 27.4 Å². The molecule has 5 nitrogen and oxygen atoms in total. The smallest absolute Gasteiger partial charge is 0.226 e. The summed E-state index contributed by atoms with van der Waals surface area (Å²) in [7, 11) is 0. The Balaban J connectivity index is 1.62. The average molecular weight is 366 g/mol. The number of hydrogen-bond acceptors (Lipinski definition) is 4. The molecule has 0 bridgehead atoms. The molecule has 0 fully saturated rings. The second-order valence-corrected chi connectivity index (χ2v) is 6.22. The maximum atomic E-state index is 12.9. The number of carbonyl (C=O) groups is 2. The molecule has 0 aliphatic rings. The van der Waals surface area contributed by atoms with Gasteiger partial charge >= 0.3 is 0 Å². The standard InChI is InChI=1S/C21H19FN2O3/c1-13-5-3-4-6-17(13)21-24-18(14(2)27-21)11-20(26)23-12-19(25)15-7-9-16(22)10-8-15/h3-10H,11-12H2,1-2H3,(H,23,26). The fourth-order valence-electron chi connectivity index (χ4n) is 2.65. The zero-order valence-corrected chi connectivity index (χ0v) is 15.1. The monoisotopic (exact) mass is 366 g/mol. The molecule has 0 atom stereocenters. The highest BCUT2D eigenvalue weighted by molar-refractivity contribution is 5.99. The molecule has 1 N–H and O–H groups in total. The second-order valence-electron chi connectivity index (χ2n) is 6.22. The summed E-state index contributed by atoms with van der Waals surface area (Å²) in [6.07, 6.45) is 0.0118. The molecule has 1 aromatic heterocycles. The van der Waals surface area contributed by atoms with Gasteiger partial charge in [0, 0.05) is 11.1 Å². The van der Waals surface area contributed by atoms with E-state index < -0.39 is 5.82 Å². The van der Waals surface area contributed by atoms with Crippen molar-refractivity contribution in [2.75, 3.05) is 6.54 Å². The molecule has 0 aliphatic heterocycles. The van der Waals surface area contributed by atoms with E-state index in [9.17, 15) is 14.0 Å². The van der Waals surface area contributed by atoms with Gasteiger partial charge in [-0.25, -0.2) is 9.37 Å². The molecule has 0 saturated carbocycles. The topological polar surface area (TPSA) is 72.2 Å². The van der Waals surface area contributed by atoms with Crippen LogP contribution in [0.2, 0.25) is 0 Å². The van der Waals surface area contributed by atoms with Crippen molar-refractivity contribution in [3.63, 3.8) is 0 Å². The Kier molecular flexibility index (Phi) is 5.45. The molecule has 0 aliphatic carbocycles. The molecule has 0 spiro atoms. The Morgan fingerprint density at radius 2 is 1.78 bits per heavy atom. The largest absolute Gasteiger partial charge is 0.441 e. The normalized spacial score (nSPS) is 10.6. The van der Waals surface area contributed by atoms with Crippen LogP contribution in [0.25, 0.3) is 11.5 Å². The van der Waals surface area contributed by atoms with Crippen LogP contribution in [0.4, 0.5) is 4.39 Å². The van der Waals surface area contributed by atoms with Crippen molar-refractivity contribution >= 4 is 11.7 Å². The molecule has 1 heterocycles. The quantitative estimate of drug-likeness (QED) is 0.676. The van der Waals surface area contributed by atoms with Crippen molar-refractivity contribution in [2.45, 2.75) is 20.3 Å². The minimum Gasteiger partial charge on any atom is -0.441 e. The lowest BCUT2D eigenvalue weighted by molar-refractivity contribution is -0.120. The van der Waals surface area contributed by atoms with Crippen molar-refractivity contribution in [1.82, 2.24) is 10.3 Å². The highest BCUT2D eigenvalue weighted by Gasteiger charge is 2.16. The Hall–Kier alpha value is -3.28. The summed E-state index contributed by atoms with van der Waals surface area (Å²) in [5, 5.41) is 2.57. The third-order valence-corrected chi connectivity index (χ3v) is 4.21. The molecule has 2 aromatic carbocycles. The summed E-state index contributed by atoms with van der Waals surface area (Å²) >= 11 is 0. The van der Waals surface area contributed by atoms with E-state index in [-0.39, 0.29) is 24.7 Å². The highest BCUT2D eigenvalue weighted by atomic mass is 19.1. The van der Waals surface area contributed by atoms with Crippen LogP contribution >= 0.6 is 0 Å². The van der Waals surface area contributed by atoms with Crippen LogP contribution in [0.15, 0.2) is 52.9 Å². The number of ketones is 1. The van der Waals surface area contributed by atoms with Gasteiger partial charge in [-0.2, -0.15) is 0 Å². The Bertz CT molecular complexity index is 977. The third-order valence-electron chi connectivity index (χ3n) is 4.21. The van der Waals surface area contributed by atoms with E-state index in [0.717, 1.165) is 11.1 Å². The van der Waals surface area contributed by atoms with Crippen LogP contribution in [-0.2, 0) is 11.2 Å². The number of Topliss-reactive ketones (excluding diaryl/α,β-unsaturated/α-hetero) is 1. The lowest BCUT2D eigenvalue weighted by atomic mass is 10.1. The first kappa shape index (κ1) is 18.5. The van der Waals surface area contributed by atoms with Gasteiger partial charge in [0.2, 0.25) is 11.8 Å². The second kappa shape index (κ2) is 7.95. The van der Waals surface area contributed by atoms with Crippen molar-refractivity contribution < 1.29 is 18.4 Å². The van der Waals surface area contributed by atoms with Crippen LogP contribution in [0, 0.1) is 19.7 Å². The van der Waals surface area contributed by atoms with Crippen molar-refractivity contribution in [3.8, 4) is 11.5 Å². The summed E-state index contributed by atoms with van der Waals surface area (Å²) in [4.78, 5) is 28.6. The molecular weight excluding hydrogens is 347 g/mol. The molecule has 27 heavy (non-hydrogen) atoms. The summed E-state index contributed by atoms with van der Waals surface area (Å²) in [6, 6.07) is 12.9. The predicted octanol–water partition coefficient (Wildman–Crippen LogP) is 3.64. The molecule has 0 saturated heterocycles. The van der Waals surface area contributed by atoms with Gasteiger partial charge in [0.25, 0.3) is 0 Å². The molecule has 1 amide bonds. The number of aromatic nitrogens is 1. The minimum absolute atomic E-state index is 0.0118. The van der Waals surface area contributed by atoms with Gasteiger partial charge in [0.05, 0.1) is 18.7 Å². The first-order chi connectivity index (χ1) is 12.9. The number of halogens is 1. The van der Waals surface area contributed by atoms with E-state index in [0.29, 0.717) is 22.9 Å². The fraction of sp³-hybridized carbons (Fsp3) is 0.190. The van der Waals surface area contributed by atoms with Crippen LogP contribution in [0.3, 0.4) is 0 Å². The molecular formula is C21H19FN2O3. The first-order valence-electron chi connectivity index (χ1n) is 8.52. The van der Waals surface area contributed by atoms with Crippen molar-refractivity contribution in [3.05, 3.63) is 76.9 Å². The number of amides is 1. The molecule has 3 rings (SSSR count). The molecule has 138 valence electrons. The van der Waals surface area contributed by atoms with Crippen LogP contribution in [0.5, 0.6) is 0 Å². The minimum atomic E-state index is -0.415. The van der Waals surface area contributed by atoms with Crippen molar-refractivity contribution in [2.24, 2.45) is 0 Å². The number of rotatable bonds is 6. The van der Waals surface area contributed by atoms with Gasteiger partial charge in [0.1, 0.15) is 11.6 Å². The number of benzene rings is 2. The van der Waals surface area contributed by atoms with Gasteiger partial charge < -0.3 is 9.73 Å². The van der Waals surface area contributed by atoms with Crippen LogP contribution < -0.4 is 5.32 Å². The number of hydrogen-bond donors (Lipinski definition) is 1. The summed E-state index contributed by atoms with van der Waals surface area (Å²) in [6.45, 7) is 3.55. The molecule has 3 aromatic rings. The van der Waals surface area contributed by atoms with E-state index in [1.54, 1.807) is 6.92 Å². The Morgan fingerprint density at radius 3 is 2.48 bits per heavy atom. The third kappa shape index (κ3) is 4.47. The predicted molar refractivity (Wildman–Crippen MR) is 98.9 cm³/mol. The number of carbonyl (C=O) groups excluding carboxylic acids is 2. The maximum Gasteiger partial charge on any atom is 0.226 e. The van der Waals surface area contributed by atoms with E-state index >= 15 is 0 Å². The highest BCUT2D eigenvalue weighted by Crippen LogP contribution is 2.24. The zero-order chi connectivity index (χ0) is 19.4. The van der Waals surface area contributed by atoms with Crippen LogP contribution in [-0.4, -0.2) is 23.2 Å². The van der Waals surface area contributed by atoms with Gasteiger partial charge in [-0.15, -0.1) is 0 Å². The Morgan fingerprint density at radius 1 is 1.07 bits per heavy atom. The first-order valence-corrected chi connectivity index (χ1v) is 8.52. The van der Waals surface area contributed by atoms with E-state index in [1.807, 2.05) is 31.2 Å². The summed E-state index contributed by atoms with van der Waals surface area (Å²) < 4.78 is 18.6. The van der Waals surface area contributed by atoms with E-state index in [2.05, 4.69) is 10.3 Å². The fourth-order valence-corrected chi connectivity index (χ4v) is 2.65. The lowest BCUT2D eigenvalue weighted by Crippen LogP contribution is -2.31. The number of aryl methyl sites for hydroxylation is 2. The van der Waals surface area contributed by atoms with E-state index in [1.165, 1.54) is 24.3 Å². The van der Waals surface area contributed by atoms with Gasteiger partial charge in [-0.3, -0.25) is 9.59 Å². The SMILES string of the molecule is Cc1ccccc1-c1nc(CC(=O)NCC(=O)c2ccc(F)cc2)c(C)o1. The van der Waals surface area contributed by atoms with Crippen molar-refractivity contribution in [1.29, 1.82) is 0 Å². The summed E-state index contributed by atoms with van der Waals surface area (Å²) in [5.74, 6) is -0.00961. The molecule has 6 heteroatoms. The maximum absolute atomic E-state index is 12.9. The zero-order valence-electron chi connectivity index (χ0n) is 15.1. The van der Waals surface area contributed by atoms with Gasteiger partial charge in [-0.05, 0) is 49.7 Å². The van der Waals surface area contributed by atoms with E-state index in [4.69, 9.17) is 4.42 Å². The lowest BCUT2D eigenvalue weighted by Gasteiger charge is -2.04.